The number of rotatable bonds is 5. The van der Waals surface area contributed by atoms with E-state index in [9.17, 15) is 18.0 Å². The van der Waals surface area contributed by atoms with Crippen LogP contribution in [0.1, 0.15) is 11.3 Å². The maximum atomic E-state index is 12.4. The van der Waals surface area contributed by atoms with Crippen molar-refractivity contribution in [3.8, 4) is 5.75 Å². The number of benzene rings is 1. The molecule has 0 aliphatic heterocycles. The van der Waals surface area contributed by atoms with Crippen LogP contribution in [0.15, 0.2) is 30.5 Å². The van der Waals surface area contributed by atoms with Crippen molar-refractivity contribution >= 4 is 5.97 Å². The van der Waals surface area contributed by atoms with Gasteiger partial charge in [-0.05, 0) is 24.3 Å². The molecule has 2 aromatic rings. The Bertz CT molecular complexity index is 638. The van der Waals surface area contributed by atoms with Crippen LogP contribution in [0.5, 0.6) is 5.75 Å². The summed E-state index contributed by atoms with van der Waals surface area (Å²) in [6.07, 6.45) is -2.89. The fourth-order valence-corrected chi connectivity index (χ4v) is 1.58. The Hall–Kier alpha value is -2.58. The first kappa shape index (κ1) is 15.8. The van der Waals surface area contributed by atoms with Crippen molar-refractivity contribution in [1.29, 1.82) is 0 Å². The minimum absolute atomic E-state index is 0.0204. The highest BCUT2D eigenvalue weighted by Crippen LogP contribution is 2.30. The zero-order valence-corrected chi connectivity index (χ0v) is 11.5. The molecule has 0 N–H and O–H groups in total. The summed E-state index contributed by atoms with van der Waals surface area (Å²) in [5, 5.41) is 7.48. The van der Waals surface area contributed by atoms with Crippen LogP contribution in [0.2, 0.25) is 0 Å². The molecule has 118 valence electrons. The molecular formula is C13H12F3N3O3. The second kappa shape index (κ2) is 6.46. The third-order valence-corrected chi connectivity index (χ3v) is 2.67. The van der Waals surface area contributed by atoms with Crippen molar-refractivity contribution < 1.29 is 27.4 Å². The van der Waals surface area contributed by atoms with E-state index in [0.717, 1.165) is 12.1 Å². The normalized spacial score (nSPS) is 11.3. The molecule has 1 heterocycles. The van der Waals surface area contributed by atoms with E-state index in [2.05, 4.69) is 15.0 Å². The molecule has 9 heteroatoms. The number of hydrogen-bond donors (Lipinski definition) is 0. The van der Waals surface area contributed by atoms with Crippen LogP contribution in [-0.4, -0.2) is 28.1 Å². The van der Waals surface area contributed by atoms with E-state index < -0.39 is 17.7 Å². The van der Waals surface area contributed by atoms with Gasteiger partial charge in [-0.25, -0.2) is 4.68 Å². The lowest BCUT2D eigenvalue weighted by Gasteiger charge is -2.08. The molecule has 0 bridgehead atoms. The van der Waals surface area contributed by atoms with Crippen molar-refractivity contribution in [2.45, 2.75) is 19.3 Å². The van der Waals surface area contributed by atoms with Crippen molar-refractivity contribution in [2.24, 2.45) is 0 Å². The van der Waals surface area contributed by atoms with Gasteiger partial charge in [0, 0.05) is 0 Å². The van der Waals surface area contributed by atoms with E-state index >= 15 is 0 Å². The first-order valence-electron chi connectivity index (χ1n) is 6.14. The minimum atomic E-state index is -4.38. The van der Waals surface area contributed by atoms with Gasteiger partial charge in [0.2, 0.25) is 0 Å². The fourth-order valence-electron chi connectivity index (χ4n) is 1.58. The highest BCUT2D eigenvalue weighted by atomic mass is 19.4. The lowest BCUT2D eigenvalue weighted by atomic mass is 10.2. The molecular weight excluding hydrogens is 303 g/mol. The molecule has 2 rings (SSSR count). The van der Waals surface area contributed by atoms with Crippen molar-refractivity contribution in [1.82, 2.24) is 15.0 Å². The second-order valence-corrected chi connectivity index (χ2v) is 4.29. The van der Waals surface area contributed by atoms with Crippen molar-refractivity contribution in [3.05, 3.63) is 41.7 Å². The Morgan fingerprint density at radius 3 is 2.55 bits per heavy atom. The largest absolute Gasteiger partial charge is 0.487 e. The van der Waals surface area contributed by atoms with E-state index in [-0.39, 0.29) is 18.9 Å². The monoisotopic (exact) mass is 315 g/mol. The molecule has 0 radical (unpaired) electrons. The topological polar surface area (TPSA) is 66.2 Å². The van der Waals surface area contributed by atoms with E-state index in [1.807, 2.05) is 0 Å². The van der Waals surface area contributed by atoms with Crippen LogP contribution in [0.4, 0.5) is 13.2 Å². The molecule has 0 aliphatic rings. The number of alkyl halides is 3. The quantitative estimate of drug-likeness (QED) is 0.790. The van der Waals surface area contributed by atoms with E-state index in [4.69, 9.17) is 4.74 Å². The third kappa shape index (κ3) is 4.21. The summed E-state index contributed by atoms with van der Waals surface area (Å²) in [6.45, 7) is -0.0592. The van der Waals surface area contributed by atoms with Gasteiger partial charge in [-0.1, -0.05) is 5.21 Å². The van der Waals surface area contributed by atoms with Gasteiger partial charge < -0.3 is 9.47 Å². The number of carbonyl (C=O) groups excluding carboxylic acids is 1. The zero-order valence-electron chi connectivity index (χ0n) is 11.5. The molecule has 6 nitrogen and oxygen atoms in total. The number of carbonyl (C=O) groups is 1. The molecule has 0 aliphatic carbocycles. The van der Waals surface area contributed by atoms with Crippen LogP contribution < -0.4 is 4.74 Å². The molecule has 0 saturated carbocycles. The SMILES string of the molecule is COC(=O)Cn1cc(COc2ccc(C(F)(F)F)cc2)nn1. The van der Waals surface area contributed by atoms with Crippen LogP contribution in [0, 0.1) is 0 Å². The van der Waals surface area contributed by atoms with Gasteiger partial charge in [0.15, 0.2) is 0 Å². The van der Waals surface area contributed by atoms with Crippen LogP contribution >= 0.6 is 0 Å². The summed E-state index contributed by atoms with van der Waals surface area (Å²) in [7, 11) is 1.26. The standard InChI is InChI=1S/C13H12F3N3O3/c1-21-12(20)7-19-6-10(17-18-19)8-22-11-4-2-9(3-5-11)13(14,15)16/h2-6H,7-8H2,1H3. The van der Waals surface area contributed by atoms with Gasteiger partial charge in [-0.3, -0.25) is 4.79 Å². The van der Waals surface area contributed by atoms with Crippen LogP contribution in [-0.2, 0) is 28.9 Å². The summed E-state index contributed by atoms with van der Waals surface area (Å²) in [4.78, 5) is 11.0. The van der Waals surface area contributed by atoms with Gasteiger partial charge in [-0.2, -0.15) is 13.2 Å². The van der Waals surface area contributed by atoms with Crippen molar-refractivity contribution in [2.75, 3.05) is 7.11 Å². The number of methoxy groups -OCH3 is 1. The summed E-state index contributed by atoms with van der Waals surface area (Å²) >= 11 is 0. The van der Waals surface area contributed by atoms with Crippen LogP contribution in [0.25, 0.3) is 0 Å². The molecule has 0 saturated heterocycles. The summed E-state index contributed by atoms with van der Waals surface area (Å²) < 4.78 is 48.3. The number of ether oxygens (including phenoxy) is 2. The molecule has 0 spiro atoms. The maximum Gasteiger partial charge on any atom is 0.416 e. The van der Waals surface area contributed by atoms with Gasteiger partial charge in [0.05, 0.1) is 18.9 Å². The summed E-state index contributed by atoms with van der Waals surface area (Å²) in [6, 6.07) is 4.32. The molecule has 0 unspecified atom stereocenters. The molecule has 1 aromatic carbocycles. The molecule has 22 heavy (non-hydrogen) atoms. The average molecular weight is 315 g/mol. The smallest absolute Gasteiger partial charge is 0.416 e. The molecule has 0 fully saturated rings. The first-order chi connectivity index (χ1) is 10.4. The Morgan fingerprint density at radius 1 is 1.27 bits per heavy atom. The van der Waals surface area contributed by atoms with Gasteiger partial charge in [0.25, 0.3) is 0 Å². The molecule has 0 amide bonds. The van der Waals surface area contributed by atoms with E-state index in [0.29, 0.717) is 5.69 Å². The average Bonchev–Trinajstić information content (AvgIpc) is 2.92. The van der Waals surface area contributed by atoms with Gasteiger partial charge >= 0.3 is 12.1 Å². The highest BCUT2D eigenvalue weighted by molar-refractivity contribution is 5.68. The Kier molecular flexibility index (Phi) is 4.64. The maximum absolute atomic E-state index is 12.4. The molecule has 0 atom stereocenters. The Labute approximate surface area is 123 Å². The number of aromatic nitrogens is 3. The predicted molar refractivity (Wildman–Crippen MR) is 67.8 cm³/mol. The lowest BCUT2D eigenvalue weighted by molar-refractivity contribution is -0.141. The summed E-state index contributed by atoms with van der Waals surface area (Å²) in [5.41, 5.74) is -0.312. The van der Waals surface area contributed by atoms with E-state index in [1.54, 1.807) is 0 Å². The highest BCUT2D eigenvalue weighted by Gasteiger charge is 2.30. The molecule has 1 aromatic heterocycles. The number of halogens is 3. The Balaban J connectivity index is 1.91. The minimum Gasteiger partial charge on any atom is -0.487 e. The second-order valence-electron chi connectivity index (χ2n) is 4.29. The number of nitrogens with zero attached hydrogens (tertiary/aromatic N) is 3. The Morgan fingerprint density at radius 2 is 1.95 bits per heavy atom. The number of esters is 1. The lowest BCUT2D eigenvalue weighted by Crippen LogP contribution is -2.11. The van der Waals surface area contributed by atoms with Crippen molar-refractivity contribution in [3.63, 3.8) is 0 Å². The zero-order chi connectivity index (χ0) is 16.2. The fraction of sp³-hybridized carbons (Fsp3) is 0.308. The van der Waals surface area contributed by atoms with Gasteiger partial charge in [0.1, 0.15) is 24.6 Å². The first-order valence-corrected chi connectivity index (χ1v) is 6.14. The summed E-state index contributed by atoms with van der Waals surface area (Å²) in [5.74, 6) is -0.198. The van der Waals surface area contributed by atoms with Crippen LogP contribution in [0.3, 0.4) is 0 Å². The number of hydrogen-bond acceptors (Lipinski definition) is 5. The predicted octanol–water partition coefficient (Wildman–Crippen LogP) is 2.05. The third-order valence-electron chi connectivity index (χ3n) is 2.67. The van der Waals surface area contributed by atoms with E-state index in [1.165, 1.54) is 30.1 Å². The van der Waals surface area contributed by atoms with Gasteiger partial charge in [-0.15, -0.1) is 5.10 Å².